The maximum atomic E-state index is 9.71. The zero-order chi connectivity index (χ0) is 12.8. The summed E-state index contributed by atoms with van der Waals surface area (Å²) in [5, 5.41) is 22.5. The Hall–Kier alpha value is -0.520. The molecule has 4 nitrogen and oxygen atoms in total. The maximum absolute atomic E-state index is 9.71. The first-order chi connectivity index (χ1) is 8.08. The van der Waals surface area contributed by atoms with Gasteiger partial charge in [-0.2, -0.15) is 0 Å². The van der Waals surface area contributed by atoms with Crippen molar-refractivity contribution in [2.45, 2.75) is 12.6 Å². The van der Waals surface area contributed by atoms with Crippen LogP contribution in [0.4, 0.5) is 0 Å². The third-order valence-corrected chi connectivity index (χ3v) is 2.78. The largest absolute Gasteiger partial charge is 0.506 e. The van der Waals surface area contributed by atoms with Gasteiger partial charge >= 0.3 is 0 Å². The number of benzene rings is 1. The Morgan fingerprint density at radius 1 is 1.41 bits per heavy atom. The van der Waals surface area contributed by atoms with E-state index in [-0.39, 0.29) is 23.4 Å². The Morgan fingerprint density at radius 3 is 2.71 bits per heavy atom. The number of hydrogen-bond donors (Lipinski definition) is 3. The molecule has 0 amide bonds. The first kappa shape index (κ1) is 14.5. The second kappa shape index (κ2) is 7.03. The van der Waals surface area contributed by atoms with Gasteiger partial charge in [-0.25, -0.2) is 0 Å². The highest BCUT2D eigenvalue weighted by Gasteiger charge is 2.11. The summed E-state index contributed by atoms with van der Waals surface area (Å²) in [6.07, 6.45) is 0. The molecule has 0 heterocycles. The highest BCUT2D eigenvalue weighted by atomic mass is 35.5. The summed E-state index contributed by atoms with van der Waals surface area (Å²) in [6.45, 7) is 0.676. The lowest BCUT2D eigenvalue weighted by atomic mass is 10.2. The quantitative estimate of drug-likeness (QED) is 0.743. The van der Waals surface area contributed by atoms with Crippen LogP contribution in [0, 0.1) is 0 Å². The molecular weight excluding hydrogens is 265 g/mol. The van der Waals surface area contributed by atoms with Gasteiger partial charge in [0.15, 0.2) is 0 Å². The van der Waals surface area contributed by atoms with E-state index >= 15 is 0 Å². The zero-order valence-electron chi connectivity index (χ0n) is 9.41. The topological polar surface area (TPSA) is 61.7 Å². The molecule has 0 fully saturated rings. The van der Waals surface area contributed by atoms with Gasteiger partial charge in [-0.15, -0.1) is 0 Å². The fourth-order valence-electron chi connectivity index (χ4n) is 1.39. The van der Waals surface area contributed by atoms with Crippen molar-refractivity contribution in [2.24, 2.45) is 0 Å². The molecule has 0 aliphatic rings. The maximum Gasteiger partial charge on any atom is 0.138 e. The van der Waals surface area contributed by atoms with Crippen molar-refractivity contribution in [2.75, 3.05) is 20.3 Å². The summed E-state index contributed by atoms with van der Waals surface area (Å²) in [4.78, 5) is 0. The minimum atomic E-state index is -0.197. The van der Waals surface area contributed by atoms with Gasteiger partial charge in [-0.05, 0) is 12.1 Å². The Bertz CT molecular complexity index is 374. The van der Waals surface area contributed by atoms with Crippen molar-refractivity contribution in [1.82, 2.24) is 5.32 Å². The van der Waals surface area contributed by atoms with Gasteiger partial charge < -0.3 is 20.3 Å². The number of phenols is 1. The molecule has 0 bridgehead atoms. The van der Waals surface area contributed by atoms with Crippen molar-refractivity contribution in [3.63, 3.8) is 0 Å². The third kappa shape index (κ3) is 4.33. The minimum absolute atomic E-state index is 0.00215. The van der Waals surface area contributed by atoms with Crippen LogP contribution in [-0.2, 0) is 11.3 Å². The number of aliphatic hydroxyl groups excluding tert-OH is 1. The Balaban J connectivity index is 2.68. The molecule has 1 atom stereocenters. The smallest absolute Gasteiger partial charge is 0.138 e. The molecule has 6 heteroatoms. The molecule has 0 aliphatic carbocycles. The van der Waals surface area contributed by atoms with Gasteiger partial charge in [-0.3, -0.25) is 0 Å². The van der Waals surface area contributed by atoms with E-state index in [9.17, 15) is 5.11 Å². The lowest BCUT2D eigenvalue weighted by Crippen LogP contribution is -2.35. The van der Waals surface area contributed by atoms with Crippen LogP contribution in [0.5, 0.6) is 5.75 Å². The lowest BCUT2D eigenvalue weighted by molar-refractivity contribution is 0.128. The molecule has 1 aromatic carbocycles. The molecular formula is C11H15Cl2NO3. The Morgan fingerprint density at radius 2 is 2.12 bits per heavy atom. The van der Waals surface area contributed by atoms with Crippen molar-refractivity contribution in [1.29, 1.82) is 0 Å². The Kier molecular flexibility index (Phi) is 6.02. The number of nitrogens with one attached hydrogen (secondary N) is 1. The average Bonchev–Trinajstić information content (AvgIpc) is 2.30. The van der Waals surface area contributed by atoms with Crippen LogP contribution in [0.3, 0.4) is 0 Å². The third-order valence-electron chi connectivity index (χ3n) is 2.28. The van der Waals surface area contributed by atoms with Crippen LogP contribution in [0.15, 0.2) is 12.1 Å². The van der Waals surface area contributed by atoms with Crippen LogP contribution >= 0.6 is 23.2 Å². The highest BCUT2D eigenvalue weighted by Crippen LogP contribution is 2.30. The van der Waals surface area contributed by atoms with Crippen molar-refractivity contribution < 1.29 is 14.9 Å². The van der Waals surface area contributed by atoms with Crippen LogP contribution in [-0.4, -0.2) is 36.6 Å². The number of methoxy groups -OCH3 is 1. The monoisotopic (exact) mass is 279 g/mol. The van der Waals surface area contributed by atoms with Crippen LogP contribution in [0.25, 0.3) is 0 Å². The van der Waals surface area contributed by atoms with Gasteiger partial charge in [0.2, 0.25) is 0 Å². The number of halogens is 2. The fourth-order valence-corrected chi connectivity index (χ4v) is 1.92. The number of hydrogen-bond acceptors (Lipinski definition) is 4. The molecule has 96 valence electrons. The van der Waals surface area contributed by atoms with Crippen molar-refractivity contribution in [3.8, 4) is 5.75 Å². The van der Waals surface area contributed by atoms with Crippen LogP contribution in [0.2, 0.25) is 10.0 Å². The lowest BCUT2D eigenvalue weighted by Gasteiger charge is -2.16. The van der Waals surface area contributed by atoms with E-state index in [1.54, 1.807) is 13.2 Å². The summed E-state index contributed by atoms with van der Waals surface area (Å²) >= 11 is 11.6. The summed E-state index contributed by atoms with van der Waals surface area (Å²) in [7, 11) is 1.55. The van der Waals surface area contributed by atoms with E-state index < -0.39 is 0 Å². The SMILES string of the molecule is COCC(CO)NCc1cc(Cl)cc(Cl)c1O. The van der Waals surface area contributed by atoms with E-state index in [0.717, 1.165) is 0 Å². The molecule has 1 unspecified atom stereocenters. The second-order valence-electron chi connectivity index (χ2n) is 3.61. The number of aromatic hydroxyl groups is 1. The number of aliphatic hydroxyl groups is 1. The van der Waals surface area contributed by atoms with Gasteiger partial charge in [0.25, 0.3) is 0 Å². The number of ether oxygens (including phenoxy) is 1. The molecule has 0 spiro atoms. The molecule has 0 saturated heterocycles. The van der Waals surface area contributed by atoms with Gasteiger partial charge in [-0.1, -0.05) is 23.2 Å². The fraction of sp³-hybridized carbons (Fsp3) is 0.455. The first-order valence-corrected chi connectivity index (χ1v) is 5.84. The summed E-state index contributed by atoms with van der Waals surface area (Å²) < 4.78 is 4.92. The molecule has 1 rings (SSSR count). The zero-order valence-corrected chi connectivity index (χ0v) is 10.9. The summed E-state index contributed by atoms with van der Waals surface area (Å²) in [5.41, 5.74) is 0.581. The standard InChI is InChI=1S/C11H15Cl2NO3/c1-17-6-9(5-15)14-4-7-2-8(12)3-10(13)11(7)16/h2-3,9,14-16H,4-6H2,1H3. The van der Waals surface area contributed by atoms with E-state index in [2.05, 4.69) is 5.32 Å². The van der Waals surface area contributed by atoms with E-state index in [4.69, 9.17) is 33.0 Å². The average molecular weight is 280 g/mol. The van der Waals surface area contributed by atoms with Crippen LogP contribution in [0.1, 0.15) is 5.56 Å². The predicted octanol–water partition coefficient (Wildman–Crippen LogP) is 1.80. The molecule has 0 saturated carbocycles. The number of rotatable bonds is 6. The number of phenolic OH excluding ortho intramolecular Hbond substituents is 1. The molecule has 17 heavy (non-hydrogen) atoms. The Labute approximate surface area is 110 Å². The van der Waals surface area contributed by atoms with Gasteiger partial charge in [0.05, 0.1) is 24.3 Å². The molecule has 0 radical (unpaired) electrons. The van der Waals surface area contributed by atoms with E-state index in [0.29, 0.717) is 23.7 Å². The normalized spacial score (nSPS) is 12.7. The molecule has 1 aromatic rings. The molecule has 0 aliphatic heterocycles. The highest BCUT2D eigenvalue weighted by molar-refractivity contribution is 6.35. The second-order valence-corrected chi connectivity index (χ2v) is 4.45. The van der Waals surface area contributed by atoms with Crippen molar-refractivity contribution in [3.05, 3.63) is 27.7 Å². The van der Waals surface area contributed by atoms with Gasteiger partial charge in [0.1, 0.15) is 5.75 Å². The van der Waals surface area contributed by atoms with E-state index in [1.807, 2.05) is 0 Å². The van der Waals surface area contributed by atoms with Crippen molar-refractivity contribution >= 4 is 23.2 Å². The first-order valence-electron chi connectivity index (χ1n) is 5.08. The summed E-state index contributed by atoms with van der Waals surface area (Å²) in [5.74, 6) is -0.00215. The van der Waals surface area contributed by atoms with Crippen LogP contribution < -0.4 is 5.32 Å². The minimum Gasteiger partial charge on any atom is -0.506 e. The van der Waals surface area contributed by atoms with Gasteiger partial charge in [0, 0.05) is 24.2 Å². The predicted molar refractivity (Wildman–Crippen MR) is 67.7 cm³/mol. The molecule has 3 N–H and O–H groups in total. The van der Waals surface area contributed by atoms with E-state index in [1.165, 1.54) is 6.07 Å². The summed E-state index contributed by atoms with van der Waals surface area (Å²) in [6, 6.07) is 2.90. The molecule has 0 aromatic heterocycles.